The van der Waals surface area contributed by atoms with Gasteiger partial charge in [0.1, 0.15) is 12.2 Å². The highest BCUT2D eigenvalue weighted by Gasteiger charge is 2.44. The summed E-state index contributed by atoms with van der Waals surface area (Å²) >= 11 is 0. The highest BCUT2D eigenvalue weighted by molar-refractivity contribution is 5.91. The lowest BCUT2D eigenvalue weighted by atomic mass is 10.2. The van der Waals surface area contributed by atoms with Crippen LogP contribution in [-0.2, 0) is 11.2 Å². The molecule has 0 bridgehead atoms. The quantitative estimate of drug-likeness (QED) is 0.904. The molecule has 1 amide bonds. The number of hydrogen-bond acceptors (Lipinski definition) is 5. The Kier molecular flexibility index (Phi) is 3.40. The third-order valence-corrected chi connectivity index (χ3v) is 4.24. The SMILES string of the molecule is O=C(CCc1ncn[nH]1)Nc1ccc2c(c1)OC1(CCCC1)O2. The number of H-pyrrole nitrogens is 1. The number of benzene rings is 1. The van der Waals surface area contributed by atoms with Gasteiger partial charge in [0.05, 0.1) is 0 Å². The minimum Gasteiger partial charge on any atom is -0.448 e. The van der Waals surface area contributed by atoms with Gasteiger partial charge in [-0.05, 0) is 25.0 Å². The molecular formula is C16H18N4O3. The number of rotatable bonds is 4. The van der Waals surface area contributed by atoms with E-state index in [2.05, 4.69) is 20.5 Å². The van der Waals surface area contributed by atoms with Crippen molar-refractivity contribution in [1.82, 2.24) is 15.2 Å². The number of aromatic amines is 1. The molecule has 23 heavy (non-hydrogen) atoms. The standard InChI is InChI=1S/C16H18N4O3/c21-15(6-5-14-17-10-18-20-14)19-11-3-4-12-13(9-11)23-16(22-12)7-1-2-8-16/h3-4,9-10H,1-2,5-8H2,(H,19,21)(H,17,18,20). The maximum absolute atomic E-state index is 12.0. The van der Waals surface area contributed by atoms with Crippen molar-refractivity contribution in [3.8, 4) is 11.5 Å². The zero-order chi connectivity index (χ0) is 15.7. The molecule has 0 atom stereocenters. The van der Waals surface area contributed by atoms with Crippen molar-refractivity contribution >= 4 is 11.6 Å². The zero-order valence-electron chi connectivity index (χ0n) is 12.7. The van der Waals surface area contributed by atoms with E-state index in [-0.39, 0.29) is 5.91 Å². The fourth-order valence-corrected chi connectivity index (χ4v) is 3.10. The molecule has 2 heterocycles. The van der Waals surface area contributed by atoms with Crippen LogP contribution in [0.1, 0.15) is 37.9 Å². The van der Waals surface area contributed by atoms with E-state index < -0.39 is 5.79 Å². The first-order valence-electron chi connectivity index (χ1n) is 7.89. The van der Waals surface area contributed by atoms with Crippen LogP contribution < -0.4 is 14.8 Å². The molecule has 1 aliphatic heterocycles. The van der Waals surface area contributed by atoms with Crippen LogP contribution in [0.3, 0.4) is 0 Å². The second-order valence-electron chi connectivity index (χ2n) is 5.96. The van der Waals surface area contributed by atoms with Crippen molar-refractivity contribution < 1.29 is 14.3 Å². The van der Waals surface area contributed by atoms with E-state index in [4.69, 9.17) is 9.47 Å². The fraction of sp³-hybridized carbons (Fsp3) is 0.438. The van der Waals surface area contributed by atoms with Crippen LogP contribution in [0.5, 0.6) is 11.5 Å². The van der Waals surface area contributed by atoms with Gasteiger partial charge in [-0.2, -0.15) is 5.10 Å². The van der Waals surface area contributed by atoms with E-state index in [9.17, 15) is 4.79 Å². The van der Waals surface area contributed by atoms with Gasteiger partial charge in [-0.25, -0.2) is 4.98 Å². The number of aromatic nitrogens is 3. The van der Waals surface area contributed by atoms with E-state index >= 15 is 0 Å². The van der Waals surface area contributed by atoms with Crippen molar-refractivity contribution in [3.05, 3.63) is 30.4 Å². The first-order valence-corrected chi connectivity index (χ1v) is 7.89. The summed E-state index contributed by atoms with van der Waals surface area (Å²) in [6.07, 6.45) is 6.39. The molecule has 0 unspecified atom stereocenters. The van der Waals surface area contributed by atoms with E-state index in [0.717, 1.165) is 31.4 Å². The monoisotopic (exact) mass is 314 g/mol. The summed E-state index contributed by atoms with van der Waals surface area (Å²) in [5.41, 5.74) is 0.713. The van der Waals surface area contributed by atoms with Crippen LogP contribution in [0.15, 0.2) is 24.5 Å². The molecule has 1 fully saturated rings. The molecule has 1 aromatic carbocycles. The minimum absolute atomic E-state index is 0.0733. The van der Waals surface area contributed by atoms with Gasteiger partial charge in [0, 0.05) is 37.4 Å². The Balaban J connectivity index is 1.38. The van der Waals surface area contributed by atoms with Gasteiger partial charge in [0.2, 0.25) is 5.91 Å². The molecule has 1 aliphatic carbocycles. The summed E-state index contributed by atoms with van der Waals surface area (Å²) < 4.78 is 12.0. The summed E-state index contributed by atoms with van der Waals surface area (Å²) in [6.45, 7) is 0. The number of nitrogens with zero attached hydrogens (tertiary/aromatic N) is 2. The molecule has 0 radical (unpaired) electrons. The van der Waals surface area contributed by atoms with Gasteiger partial charge in [-0.1, -0.05) is 0 Å². The van der Waals surface area contributed by atoms with Crippen LogP contribution in [-0.4, -0.2) is 26.9 Å². The van der Waals surface area contributed by atoms with Gasteiger partial charge in [-0.3, -0.25) is 9.89 Å². The third-order valence-electron chi connectivity index (χ3n) is 4.24. The Hall–Kier alpha value is -2.57. The molecule has 2 aliphatic rings. The number of amides is 1. The van der Waals surface area contributed by atoms with E-state index in [1.807, 2.05) is 18.2 Å². The maximum atomic E-state index is 12.0. The van der Waals surface area contributed by atoms with Crippen LogP contribution in [0, 0.1) is 0 Å². The van der Waals surface area contributed by atoms with Crippen LogP contribution in [0.4, 0.5) is 5.69 Å². The van der Waals surface area contributed by atoms with Crippen molar-refractivity contribution in [2.75, 3.05) is 5.32 Å². The number of fused-ring (bicyclic) bond motifs is 1. The molecule has 2 aromatic rings. The Morgan fingerprint density at radius 3 is 2.87 bits per heavy atom. The third kappa shape index (κ3) is 2.86. The number of anilines is 1. The first-order chi connectivity index (χ1) is 11.2. The molecule has 7 heteroatoms. The molecule has 120 valence electrons. The lowest BCUT2D eigenvalue weighted by molar-refractivity contribution is -0.116. The largest absolute Gasteiger partial charge is 0.448 e. The maximum Gasteiger partial charge on any atom is 0.251 e. The number of ether oxygens (including phenoxy) is 2. The molecule has 1 saturated carbocycles. The Morgan fingerprint density at radius 1 is 1.26 bits per heavy atom. The van der Waals surface area contributed by atoms with Crippen LogP contribution >= 0.6 is 0 Å². The summed E-state index contributed by atoms with van der Waals surface area (Å²) in [6, 6.07) is 5.52. The normalized spacial score (nSPS) is 17.6. The summed E-state index contributed by atoms with van der Waals surface area (Å²) in [4.78, 5) is 16.0. The van der Waals surface area contributed by atoms with Gasteiger partial charge >= 0.3 is 0 Å². The minimum atomic E-state index is -0.475. The second-order valence-corrected chi connectivity index (χ2v) is 5.96. The molecule has 4 rings (SSSR count). The Morgan fingerprint density at radius 2 is 2.09 bits per heavy atom. The highest BCUT2D eigenvalue weighted by Crippen LogP contribution is 2.47. The van der Waals surface area contributed by atoms with Gasteiger partial charge in [0.25, 0.3) is 5.79 Å². The summed E-state index contributed by atoms with van der Waals surface area (Å²) in [7, 11) is 0. The molecule has 0 saturated heterocycles. The first kappa shape index (κ1) is 14.0. The Bertz CT molecular complexity index is 708. The van der Waals surface area contributed by atoms with Crippen molar-refractivity contribution in [2.24, 2.45) is 0 Å². The van der Waals surface area contributed by atoms with Crippen molar-refractivity contribution in [3.63, 3.8) is 0 Å². The molecule has 2 N–H and O–H groups in total. The molecule has 1 spiro atoms. The Labute approximate surface area is 133 Å². The number of nitrogens with one attached hydrogen (secondary N) is 2. The van der Waals surface area contributed by atoms with Gasteiger partial charge < -0.3 is 14.8 Å². The summed E-state index contributed by atoms with van der Waals surface area (Å²) in [5.74, 6) is 1.62. The molecular weight excluding hydrogens is 296 g/mol. The molecule has 7 nitrogen and oxygen atoms in total. The van der Waals surface area contributed by atoms with Crippen molar-refractivity contribution in [1.29, 1.82) is 0 Å². The van der Waals surface area contributed by atoms with E-state index in [1.54, 1.807) is 0 Å². The lowest BCUT2D eigenvalue weighted by Gasteiger charge is -2.21. The summed E-state index contributed by atoms with van der Waals surface area (Å²) in [5, 5.41) is 9.38. The average Bonchev–Trinajstić information content (AvgIpc) is 3.26. The predicted octanol–water partition coefficient (Wildman–Crippen LogP) is 2.42. The zero-order valence-corrected chi connectivity index (χ0v) is 12.7. The van der Waals surface area contributed by atoms with Crippen molar-refractivity contribution in [2.45, 2.75) is 44.3 Å². The van der Waals surface area contributed by atoms with Gasteiger partial charge in [-0.15, -0.1) is 0 Å². The van der Waals surface area contributed by atoms with E-state index in [0.29, 0.717) is 30.1 Å². The number of hydrogen-bond donors (Lipinski definition) is 2. The highest BCUT2D eigenvalue weighted by atomic mass is 16.7. The number of aryl methyl sites for hydroxylation is 1. The van der Waals surface area contributed by atoms with E-state index in [1.165, 1.54) is 6.33 Å². The molecule has 1 aromatic heterocycles. The topological polar surface area (TPSA) is 89.1 Å². The van der Waals surface area contributed by atoms with Gasteiger partial charge in [0.15, 0.2) is 11.5 Å². The average molecular weight is 314 g/mol. The van der Waals surface area contributed by atoms with Crippen LogP contribution in [0.2, 0.25) is 0 Å². The van der Waals surface area contributed by atoms with Crippen LogP contribution in [0.25, 0.3) is 0 Å². The lowest BCUT2D eigenvalue weighted by Crippen LogP contribution is -2.34. The predicted molar refractivity (Wildman–Crippen MR) is 82.2 cm³/mol. The fourth-order valence-electron chi connectivity index (χ4n) is 3.10. The number of carbonyl (C=O) groups is 1. The second kappa shape index (κ2) is 5.57. The smallest absolute Gasteiger partial charge is 0.251 e. The number of carbonyl (C=O) groups excluding carboxylic acids is 1.